The molecule has 1 aliphatic rings. The molecule has 21 heavy (non-hydrogen) atoms. The summed E-state index contributed by atoms with van der Waals surface area (Å²) in [6.07, 6.45) is 2.82. The van der Waals surface area contributed by atoms with Gasteiger partial charge >= 0.3 is 5.97 Å². The van der Waals surface area contributed by atoms with Gasteiger partial charge in [-0.1, -0.05) is 23.7 Å². The zero-order valence-corrected chi connectivity index (χ0v) is 13.3. The molecule has 1 heterocycles. The highest BCUT2D eigenvalue weighted by molar-refractivity contribution is 7.15. The molecule has 0 N–H and O–H groups in total. The van der Waals surface area contributed by atoms with Gasteiger partial charge < -0.3 is 4.74 Å². The molecule has 0 saturated heterocycles. The van der Waals surface area contributed by atoms with Gasteiger partial charge in [0.15, 0.2) is 0 Å². The number of hydrogen-bond acceptors (Lipinski definition) is 4. The maximum Gasteiger partial charge on any atom is 0.315 e. The number of carbonyl (C=O) groups excluding carboxylic acids is 1. The van der Waals surface area contributed by atoms with Crippen molar-refractivity contribution in [2.45, 2.75) is 32.1 Å². The number of carbonyl (C=O) groups is 1. The van der Waals surface area contributed by atoms with Crippen molar-refractivity contribution in [3.63, 3.8) is 0 Å². The average molecular weight is 322 g/mol. The molecule has 110 valence electrons. The van der Waals surface area contributed by atoms with E-state index in [2.05, 4.69) is 0 Å². The summed E-state index contributed by atoms with van der Waals surface area (Å²) in [7, 11) is 0. The number of esters is 1. The van der Waals surface area contributed by atoms with Crippen molar-refractivity contribution in [3.8, 4) is 10.6 Å². The minimum atomic E-state index is -0.210. The molecule has 0 amide bonds. The van der Waals surface area contributed by atoms with Crippen LogP contribution in [-0.2, 0) is 16.0 Å². The summed E-state index contributed by atoms with van der Waals surface area (Å²) in [4.78, 5) is 18.0. The molecule has 2 aromatic rings. The maximum atomic E-state index is 12.1. The van der Waals surface area contributed by atoms with E-state index < -0.39 is 0 Å². The predicted molar refractivity (Wildman–Crippen MR) is 84.9 cm³/mol. The first kappa shape index (κ1) is 14.5. The van der Waals surface area contributed by atoms with Gasteiger partial charge in [0.2, 0.25) is 0 Å². The fraction of sp³-hybridized carbons (Fsp3) is 0.375. The second-order valence-electron chi connectivity index (χ2n) is 5.03. The lowest BCUT2D eigenvalue weighted by Crippen LogP contribution is -2.20. The zero-order chi connectivity index (χ0) is 14.8. The van der Waals surface area contributed by atoms with Crippen LogP contribution >= 0.6 is 22.9 Å². The normalized spacial score (nSPS) is 17.3. The van der Waals surface area contributed by atoms with Crippen molar-refractivity contribution in [1.82, 2.24) is 4.98 Å². The third kappa shape index (κ3) is 2.97. The number of rotatable bonds is 3. The highest BCUT2D eigenvalue weighted by Crippen LogP contribution is 2.39. The summed E-state index contributed by atoms with van der Waals surface area (Å²) < 4.78 is 5.18. The first-order chi connectivity index (χ1) is 10.2. The molecule has 0 saturated carbocycles. The number of fused-ring (bicyclic) bond motifs is 1. The summed E-state index contributed by atoms with van der Waals surface area (Å²) in [5, 5.41) is 1.63. The monoisotopic (exact) mass is 321 g/mol. The van der Waals surface area contributed by atoms with Gasteiger partial charge in [-0.05, 0) is 38.3 Å². The van der Waals surface area contributed by atoms with Crippen LogP contribution in [0.25, 0.3) is 10.6 Å². The lowest BCUT2D eigenvalue weighted by Gasteiger charge is -2.19. The smallest absolute Gasteiger partial charge is 0.315 e. The SMILES string of the molecule is CCOC(=O)C1CCCc2sc(-c3cccc(Cl)c3)nc21. The van der Waals surface area contributed by atoms with Crippen molar-refractivity contribution < 1.29 is 9.53 Å². The molecular weight excluding hydrogens is 306 g/mol. The molecule has 1 aromatic carbocycles. The van der Waals surface area contributed by atoms with Gasteiger partial charge in [0.1, 0.15) is 10.9 Å². The van der Waals surface area contributed by atoms with Crippen LogP contribution in [0.1, 0.15) is 36.3 Å². The number of aromatic nitrogens is 1. The van der Waals surface area contributed by atoms with E-state index >= 15 is 0 Å². The van der Waals surface area contributed by atoms with Gasteiger partial charge in [0, 0.05) is 15.5 Å². The minimum absolute atomic E-state index is 0.151. The van der Waals surface area contributed by atoms with Crippen molar-refractivity contribution in [1.29, 1.82) is 0 Å². The Balaban J connectivity index is 1.96. The molecule has 1 aromatic heterocycles. The Kier molecular flexibility index (Phi) is 4.27. The highest BCUT2D eigenvalue weighted by atomic mass is 35.5. The Labute approximate surface area is 132 Å². The van der Waals surface area contributed by atoms with Crippen molar-refractivity contribution >= 4 is 28.9 Å². The number of thiazole rings is 1. The first-order valence-corrected chi connectivity index (χ1v) is 8.30. The fourth-order valence-corrected chi connectivity index (χ4v) is 3.99. The van der Waals surface area contributed by atoms with Crippen LogP contribution in [0.5, 0.6) is 0 Å². The molecule has 1 aliphatic carbocycles. The Morgan fingerprint density at radius 1 is 1.52 bits per heavy atom. The van der Waals surface area contributed by atoms with Gasteiger partial charge in [-0.2, -0.15) is 0 Å². The standard InChI is InChI=1S/C16H16ClNO2S/c1-2-20-16(19)12-7-4-8-13-14(12)18-15(21-13)10-5-3-6-11(17)9-10/h3,5-6,9,12H,2,4,7-8H2,1H3. The van der Waals surface area contributed by atoms with E-state index in [1.54, 1.807) is 11.3 Å². The van der Waals surface area contributed by atoms with Crippen LogP contribution in [0.4, 0.5) is 0 Å². The Bertz CT molecular complexity index is 668. The molecule has 3 nitrogen and oxygen atoms in total. The predicted octanol–water partition coefficient (Wildman–Crippen LogP) is 4.45. The summed E-state index contributed by atoms with van der Waals surface area (Å²) >= 11 is 7.70. The van der Waals surface area contributed by atoms with E-state index in [1.807, 2.05) is 31.2 Å². The largest absolute Gasteiger partial charge is 0.465 e. The summed E-state index contributed by atoms with van der Waals surface area (Å²) in [6, 6.07) is 7.67. The maximum absolute atomic E-state index is 12.1. The Morgan fingerprint density at radius 3 is 3.14 bits per heavy atom. The number of nitrogens with zero attached hydrogens (tertiary/aromatic N) is 1. The molecule has 1 unspecified atom stereocenters. The second-order valence-corrected chi connectivity index (χ2v) is 6.55. The van der Waals surface area contributed by atoms with Gasteiger partial charge in [0.25, 0.3) is 0 Å². The molecule has 0 bridgehead atoms. The molecule has 3 rings (SSSR count). The lowest BCUT2D eigenvalue weighted by atomic mass is 9.91. The molecular formula is C16H16ClNO2S. The molecule has 0 radical (unpaired) electrons. The van der Waals surface area contributed by atoms with Gasteiger partial charge in [0.05, 0.1) is 12.3 Å². The number of ether oxygens (including phenoxy) is 1. The lowest BCUT2D eigenvalue weighted by molar-refractivity contribution is -0.145. The summed E-state index contributed by atoms with van der Waals surface area (Å²) in [5.41, 5.74) is 1.91. The highest BCUT2D eigenvalue weighted by Gasteiger charge is 2.31. The van der Waals surface area contributed by atoms with Crippen LogP contribution in [0.3, 0.4) is 0 Å². The Hall–Kier alpha value is -1.39. The zero-order valence-electron chi connectivity index (χ0n) is 11.8. The van der Waals surface area contributed by atoms with Crippen molar-refractivity contribution in [2.24, 2.45) is 0 Å². The number of hydrogen-bond donors (Lipinski definition) is 0. The van der Waals surface area contributed by atoms with E-state index in [0.717, 1.165) is 35.5 Å². The fourth-order valence-electron chi connectivity index (χ4n) is 2.64. The van der Waals surface area contributed by atoms with Crippen LogP contribution in [0, 0.1) is 0 Å². The van der Waals surface area contributed by atoms with E-state index in [0.29, 0.717) is 11.6 Å². The Morgan fingerprint density at radius 2 is 2.38 bits per heavy atom. The quantitative estimate of drug-likeness (QED) is 0.784. The number of aryl methyl sites for hydroxylation is 1. The first-order valence-electron chi connectivity index (χ1n) is 7.11. The van der Waals surface area contributed by atoms with Crippen LogP contribution in [0.15, 0.2) is 24.3 Å². The molecule has 0 spiro atoms. The second kappa shape index (κ2) is 6.16. The van der Waals surface area contributed by atoms with Crippen LogP contribution in [0.2, 0.25) is 5.02 Å². The van der Waals surface area contributed by atoms with Gasteiger partial charge in [-0.3, -0.25) is 4.79 Å². The summed E-state index contributed by atoms with van der Waals surface area (Å²) in [5.74, 6) is -0.362. The van der Waals surface area contributed by atoms with Gasteiger partial charge in [-0.15, -0.1) is 11.3 Å². The number of benzene rings is 1. The van der Waals surface area contributed by atoms with Crippen LogP contribution < -0.4 is 0 Å². The van der Waals surface area contributed by atoms with E-state index in [4.69, 9.17) is 21.3 Å². The summed E-state index contributed by atoms with van der Waals surface area (Å²) in [6.45, 7) is 2.25. The van der Waals surface area contributed by atoms with E-state index in [-0.39, 0.29) is 11.9 Å². The molecule has 0 fully saturated rings. The topological polar surface area (TPSA) is 39.2 Å². The molecule has 1 atom stereocenters. The molecule has 5 heteroatoms. The molecule has 0 aliphatic heterocycles. The minimum Gasteiger partial charge on any atom is -0.465 e. The van der Waals surface area contributed by atoms with E-state index in [9.17, 15) is 4.79 Å². The van der Waals surface area contributed by atoms with Crippen molar-refractivity contribution in [2.75, 3.05) is 6.61 Å². The number of halogens is 1. The van der Waals surface area contributed by atoms with Gasteiger partial charge in [-0.25, -0.2) is 4.98 Å². The third-order valence-electron chi connectivity index (χ3n) is 3.60. The van der Waals surface area contributed by atoms with E-state index in [1.165, 1.54) is 4.88 Å². The average Bonchev–Trinajstić information content (AvgIpc) is 2.91. The van der Waals surface area contributed by atoms with Crippen LogP contribution in [-0.4, -0.2) is 17.6 Å². The third-order valence-corrected chi connectivity index (χ3v) is 5.01. The van der Waals surface area contributed by atoms with Crippen molar-refractivity contribution in [3.05, 3.63) is 39.9 Å².